The fourth-order valence-corrected chi connectivity index (χ4v) is 2.49. The van der Waals surface area contributed by atoms with Crippen LogP contribution >= 0.6 is 0 Å². The van der Waals surface area contributed by atoms with Crippen molar-refractivity contribution in [3.05, 3.63) is 12.1 Å². The Morgan fingerprint density at radius 1 is 1.45 bits per heavy atom. The Bertz CT molecular complexity index is 642. The molecule has 0 saturated heterocycles. The van der Waals surface area contributed by atoms with Crippen molar-refractivity contribution in [3.8, 4) is 5.75 Å². The van der Waals surface area contributed by atoms with Crippen LogP contribution in [-0.4, -0.2) is 46.5 Å². The van der Waals surface area contributed by atoms with Crippen molar-refractivity contribution in [1.82, 2.24) is 0 Å². The Morgan fingerprint density at radius 3 is 2.80 bits per heavy atom. The van der Waals surface area contributed by atoms with Gasteiger partial charge in [0.1, 0.15) is 15.6 Å². The molecule has 0 unspecified atom stereocenters. The molecule has 2 rings (SSSR count). The molecule has 0 fully saturated rings. The second-order valence-electron chi connectivity index (χ2n) is 4.80. The minimum absolute atomic E-state index is 0.0306. The van der Waals surface area contributed by atoms with Gasteiger partial charge in [-0.2, -0.15) is 0 Å². The highest BCUT2D eigenvalue weighted by Gasteiger charge is 2.19. The fraction of sp³-hybridized carbons (Fsp3) is 0.417. The predicted octanol–water partition coefficient (Wildman–Crippen LogP) is 0.0805. The van der Waals surface area contributed by atoms with Gasteiger partial charge in [0.2, 0.25) is 0 Å². The summed E-state index contributed by atoms with van der Waals surface area (Å²) in [4.78, 5) is 13.0. The topological polar surface area (TPSA) is 102 Å². The third-order valence-electron chi connectivity index (χ3n) is 2.97. The van der Waals surface area contributed by atoms with E-state index in [4.69, 9.17) is 10.5 Å². The number of ether oxygens (including phenoxy) is 1. The zero-order valence-electron chi connectivity index (χ0n) is 11.3. The van der Waals surface area contributed by atoms with Crippen molar-refractivity contribution >= 4 is 32.8 Å². The molecular formula is C12H17N3O4S. The van der Waals surface area contributed by atoms with E-state index >= 15 is 0 Å². The second kappa shape index (κ2) is 5.20. The van der Waals surface area contributed by atoms with Crippen LogP contribution in [0.3, 0.4) is 0 Å². The number of nitrogen functional groups attached to an aromatic ring is 1. The number of nitrogens with two attached hydrogens (primary N) is 1. The fourth-order valence-electron chi connectivity index (χ4n) is 1.88. The lowest BCUT2D eigenvalue weighted by molar-refractivity contribution is -0.118. The van der Waals surface area contributed by atoms with Crippen molar-refractivity contribution in [1.29, 1.82) is 0 Å². The Balaban J connectivity index is 2.23. The van der Waals surface area contributed by atoms with Crippen LogP contribution in [0.15, 0.2) is 12.1 Å². The smallest absolute Gasteiger partial charge is 0.262 e. The van der Waals surface area contributed by atoms with Crippen molar-refractivity contribution in [2.24, 2.45) is 0 Å². The molecule has 3 N–H and O–H groups in total. The number of nitrogens with zero attached hydrogens (tertiary/aromatic N) is 1. The number of hydrogen-bond donors (Lipinski definition) is 2. The molecule has 0 spiro atoms. The summed E-state index contributed by atoms with van der Waals surface area (Å²) in [6, 6.07) is 3.31. The van der Waals surface area contributed by atoms with Gasteiger partial charge < -0.3 is 20.7 Å². The maximum atomic E-state index is 11.3. The van der Waals surface area contributed by atoms with Crippen LogP contribution < -0.4 is 20.7 Å². The number of rotatable bonds is 4. The van der Waals surface area contributed by atoms with Crippen LogP contribution in [0.5, 0.6) is 5.75 Å². The van der Waals surface area contributed by atoms with E-state index in [1.54, 1.807) is 24.1 Å². The molecule has 110 valence electrons. The summed E-state index contributed by atoms with van der Waals surface area (Å²) in [5.41, 5.74) is 7.59. The number of carbonyl (C=O) groups is 1. The lowest BCUT2D eigenvalue weighted by atomic mass is 10.2. The van der Waals surface area contributed by atoms with E-state index in [0.717, 1.165) is 0 Å². The van der Waals surface area contributed by atoms with Gasteiger partial charge >= 0.3 is 0 Å². The van der Waals surface area contributed by atoms with E-state index in [-0.39, 0.29) is 18.3 Å². The lowest BCUT2D eigenvalue weighted by Crippen LogP contribution is -2.28. The first-order valence-corrected chi connectivity index (χ1v) is 8.07. The summed E-state index contributed by atoms with van der Waals surface area (Å²) < 4.78 is 27.6. The first-order valence-electron chi connectivity index (χ1n) is 6.01. The summed E-state index contributed by atoms with van der Waals surface area (Å²) in [7, 11) is -1.30. The maximum Gasteiger partial charge on any atom is 0.262 e. The number of anilines is 3. The number of fused-ring (bicyclic) bond motifs is 1. The summed E-state index contributed by atoms with van der Waals surface area (Å²) in [6.45, 7) is 0.284. The normalized spacial score (nSPS) is 14.2. The molecule has 1 aliphatic heterocycles. The molecule has 0 aromatic heterocycles. The lowest BCUT2D eigenvalue weighted by Gasteiger charge is -2.25. The SMILES string of the molecule is CN(CCS(C)(=O)=O)c1cc2c(cc1N)OCC(=O)N2. The predicted molar refractivity (Wildman–Crippen MR) is 78.0 cm³/mol. The minimum atomic E-state index is -3.04. The molecule has 8 heteroatoms. The number of nitrogens with one attached hydrogen (secondary N) is 1. The Kier molecular flexibility index (Phi) is 3.76. The average Bonchev–Trinajstić information content (AvgIpc) is 2.35. The summed E-state index contributed by atoms with van der Waals surface area (Å²) in [6.07, 6.45) is 1.19. The van der Waals surface area contributed by atoms with E-state index in [1.165, 1.54) is 6.26 Å². The number of benzene rings is 1. The molecular weight excluding hydrogens is 282 g/mol. The van der Waals surface area contributed by atoms with Gasteiger partial charge in [-0.1, -0.05) is 0 Å². The second-order valence-corrected chi connectivity index (χ2v) is 7.06. The minimum Gasteiger partial charge on any atom is -0.482 e. The van der Waals surface area contributed by atoms with Gasteiger partial charge in [-0.05, 0) is 6.07 Å². The Morgan fingerprint density at radius 2 is 2.15 bits per heavy atom. The molecule has 0 atom stereocenters. The van der Waals surface area contributed by atoms with Gasteiger partial charge in [-0.3, -0.25) is 4.79 Å². The van der Waals surface area contributed by atoms with Gasteiger partial charge in [0, 0.05) is 25.9 Å². The zero-order chi connectivity index (χ0) is 14.9. The first-order chi connectivity index (χ1) is 9.26. The molecule has 1 aromatic carbocycles. The van der Waals surface area contributed by atoms with Gasteiger partial charge in [-0.15, -0.1) is 0 Å². The zero-order valence-corrected chi connectivity index (χ0v) is 12.2. The largest absolute Gasteiger partial charge is 0.482 e. The molecule has 1 aromatic rings. The molecule has 1 heterocycles. The third-order valence-corrected chi connectivity index (χ3v) is 3.89. The average molecular weight is 299 g/mol. The van der Waals surface area contributed by atoms with Crippen LogP contribution in [0.4, 0.5) is 17.1 Å². The van der Waals surface area contributed by atoms with Crippen LogP contribution in [0.1, 0.15) is 0 Å². The quantitative estimate of drug-likeness (QED) is 0.764. The number of hydrogen-bond acceptors (Lipinski definition) is 6. The third kappa shape index (κ3) is 3.32. The number of sulfone groups is 1. The van der Waals surface area contributed by atoms with Crippen molar-refractivity contribution in [2.45, 2.75) is 0 Å². The highest BCUT2D eigenvalue weighted by atomic mass is 32.2. The van der Waals surface area contributed by atoms with Gasteiger partial charge in [0.05, 0.1) is 22.8 Å². The summed E-state index contributed by atoms with van der Waals surface area (Å²) in [5, 5.41) is 2.69. The van der Waals surface area contributed by atoms with E-state index < -0.39 is 9.84 Å². The highest BCUT2D eigenvalue weighted by molar-refractivity contribution is 7.90. The Hall–Kier alpha value is -1.96. The maximum absolute atomic E-state index is 11.3. The van der Waals surface area contributed by atoms with Gasteiger partial charge in [-0.25, -0.2) is 8.42 Å². The van der Waals surface area contributed by atoms with Crippen molar-refractivity contribution < 1.29 is 17.9 Å². The molecule has 0 radical (unpaired) electrons. The van der Waals surface area contributed by atoms with Crippen molar-refractivity contribution in [2.75, 3.05) is 48.2 Å². The van der Waals surface area contributed by atoms with Crippen LogP contribution in [0.25, 0.3) is 0 Å². The molecule has 1 amide bonds. The number of carbonyl (C=O) groups excluding carboxylic acids is 1. The molecule has 1 aliphatic rings. The summed E-state index contributed by atoms with van der Waals surface area (Å²) in [5.74, 6) is 0.317. The van der Waals surface area contributed by atoms with Gasteiger partial charge in [0.25, 0.3) is 5.91 Å². The van der Waals surface area contributed by atoms with Crippen molar-refractivity contribution in [3.63, 3.8) is 0 Å². The molecule has 7 nitrogen and oxygen atoms in total. The molecule has 0 saturated carbocycles. The van der Waals surface area contributed by atoms with Crippen LogP contribution in [-0.2, 0) is 14.6 Å². The molecule has 0 aliphatic carbocycles. The first kappa shape index (κ1) is 14.4. The molecule has 0 bridgehead atoms. The molecule has 20 heavy (non-hydrogen) atoms. The Labute approximate surface area is 117 Å². The van der Waals surface area contributed by atoms with Crippen LogP contribution in [0, 0.1) is 0 Å². The monoisotopic (exact) mass is 299 g/mol. The van der Waals surface area contributed by atoms with Gasteiger partial charge in [0.15, 0.2) is 6.61 Å². The van der Waals surface area contributed by atoms with Crippen LogP contribution in [0.2, 0.25) is 0 Å². The highest BCUT2D eigenvalue weighted by Crippen LogP contribution is 2.36. The summed E-state index contributed by atoms with van der Waals surface area (Å²) >= 11 is 0. The number of amides is 1. The standard InChI is InChI=1S/C12H17N3O4S/c1-15(3-4-20(2,17)18)10-6-9-11(5-8(10)13)19-7-12(16)14-9/h5-6H,3-4,7,13H2,1-2H3,(H,14,16). The van der Waals surface area contributed by atoms with E-state index in [1.807, 2.05) is 0 Å². The van der Waals surface area contributed by atoms with E-state index in [0.29, 0.717) is 29.4 Å². The van der Waals surface area contributed by atoms with E-state index in [2.05, 4.69) is 5.32 Å². The van der Waals surface area contributed by atoms with E-state index in [9.17, 15) is 13.2 Å².